The minimum absolute atomic E-state index is 0.431. The number of thiocarbonyl (C=S) groups is 1. The highest BCUT2D eigenvalue weighted by Crippen LogP contribution is 2.06. The van der Waals surface area contributed by atoms with E-state index in [9.17, 15) is 0 Å². The van der Waals surface area contributed by atoms with Crippen LogP contribution >= 0.6 is 23.8 Å². The van der Waals surface area contributed by atoms with E-state index in [1.165, 1.54) is 0 Å². The van der Waals surface area contributed by atoms with Crippen LogP contribution in [0.5, 0.6) is 0 Å². The number of hydrogen-bond acceptors (Lipinski definition) is 2. The number of hydrogen-bond donors (Lipinski definition) is 1. The molecular weight excluding hydrogens is 228 g/mol. The fourth-order valence-electron chi connectivity index (χ4n) is 1.06. The van der Waals surface area contributed by atoms with Crippen molar-refractivity contribution in [3.63, 3.8) is 0 Å². The van der Waals surface area contributed by atoms with E-state index in [4.69, 9.17) is 23.8 Å². The Hall–Kier alpha value is -0.670. The quantitative estimate of drug-likeness (QED) is 0.649. The first-order valence-electron chi connectivity index (χ1n) is 5.01. The predicted molar refractivity (Wildman–Crippen MR) is 68.1 cm³/mol. The molecule has 0 aliphatic rings. The topological polar surface area (TPSA) is 24.9 Å². The standard InChI is InChI=1S/C11H15ClN2S/c1-3-8(2)11(15)14-7-9-4-5-10(12)13-6-9/h4-6,8H,3,7H2,1-2H3,(H,14,15). The van der Waals surface area contributed by atoms with Gasteiger partial charge >= 0.3 is 0 Å². The van der Waals surface area contributed by atoms with Crippen molar-refractivity contribution in [1.82, 2.24) is 10.3 Å². The van der Waals surface area contributed by atoms with Gasteiger partial charge in [0.1, 0.15) is 5.15 Å². The van der Waals surface area contributed by atoms with Crippen molar-refractivity contribution in [1.29, 1.82) is 0 Å². The molecule has 0 fully saturated rings. The van der Waals surface area contributed by atoms with Gasteiger partial charge in [-0.2, -0.15) is 0 Å². The number of pyridine rings is 1. The van der Waals surface area contributed by atoms with Crippen molar-refractivity contribution in [3.05, 3.63) is 29.0 Å². The van der Waals surface area contributed by atoms with E-state index in [0.29, 0.717) is 17.6 Å². The fraction of sp³-hybridized carbons (Fsp3) is 0.455. The third-order valence-corrected chi connectivity index (χ3v) is 3.09. The van der Waals surface area contributed by atoms with Crippen LogP contribution in [0.2, 0.25) is 5.15 Å². The van der Waals surface area contributed by atoms with Crippen LogP contribution in [0.25, 0.3) is 0 Å². The second-order valence-electron chi connectivity index (χ2n) is 3.52. The zero-order valence-electron chi connectivity index (χ0n) is 8.96. The van der Waals surface area contributed by atoms with Gasteiger partial charge < -0.3 is 5.32 Å². The summed E-state index contributed by atoms with van der Waals surface area (Å²) in [7, 11) is 0. The van der Waals surface area contributed by atoms with Crippen LogP contribution in [0.4, 0.5) is 0 Å². The molecule has 2 nitrogen and oxygen atoms in total. The summed E-state index contributed by atoms with van der Waals surface area (Å²) in [6, 6.07) is 3.73. The number of halogens is 1. The second-order valence-corrected chi connectivity index (χ2v) is 4.34. The summed E-state index contributed by atoms with van der Waals surface area (Å²) < 4.78 is 0. The monoisotopic (exact) mass is 242 g/mol. The van der Waals surface area contributed by atoms with Crippen LogP contribution in [0.15, 0.2) is 18.3 Å². The van der Waals surface area contributed by atoms with Gasteiger partial charge in [-0.15, -0.1) is 0 Å². The van der Waals surface area contributed by atoms with Gasteiger partial charge in [-0.3, -0.25) is 0 Å². The molecule has 1 heterocycles. The molecule has 4 heteroatoms. The van der Waals surface area contributed by atoms with Crippen molar-refractivity contribution in [2.24, 2.45) is 5.92 Å². The average molecular weight is 243 g/mol. The first-order valence-corrected chi connectivity index (χ1v) is 5.80. The first kappa shape index (κ1) is 12.4. The normalized spacial score (nSPS) is 12.2. The van der Waals surface area contributed by atoms with E-state index in [-0.39, 0.29) is 0 Å². The fourth-order valence-corrected chi connectivity index (χ4v) is 1.41. The Balaban J connectivity index is 2.43. The molecule has 1 rings (SSSR count). The Bertz CT molecular complexity index is 324. The summed E-state index contributed by atoms with van der Waals surface area (Å²) in [5.74, 6) is 0.431. The van der Waals surface area contributed by atoms with Crippen LogP contribution < -0.4 is 5.32 Å². The number of aromatic nitrogens is 1. The highest BCUT2D eigenvalue weighted by molar-refractivity contribution is 7.80. The molecule has 1 unspecified atom stereocenters. The largest absolute Gasteiger partial charge is 0.375 e. The Kier molecular flexibility index (Phi) is 4.99. The number of nitrogens with zero attached hydrogens (tertiary/aromatic N) is 1. The van der Waals surface area contributed by atoms with Crippen molar-refractivity contribution < 1.29 is 0 Å². The van der Waals surface area contributed by atoms with Gasteiger partial charge in [0.15, 0.2) is 0 Å². The second kappa shape index (κ2) is 6.03. The summed E-state index contributed by atoms with van der Waals surface area (Å²) in [6.45, 7) is 4.96. The van der Waals surface area contributed by atoms with Crippen molar-refractivity contribution in [2.45, 2.75) is 26.8 Å². The minimum atomic E-state index is 0.431. The van der Waals surface area contributed by atoms with Crippen LogP contribution in [0.1, 0.15) is 25.8 Å². The summed E-state index contributed by atoms with van der Waals surface area (Å²) in [5.41, 5.74) is 1.09. The minimum Gasteiger partial charge on any atom is -0.375 e. The third kappa shape index (κ3) is 4.14. The molecule has 15 heavy (non-hydrogen) atoms. The molecule has 0 saturated heterocycles. The number of nitrogens with one attached hydrogen (secondary N) is 1. The van der Waals surface area contributed by atoms with Crippen LogP contribution in [-0.4, -0.2) is 9.97 Å². The molecule has 1 aromatic rings. The van der Waals surface area contributed by atoms with Gasteiger partial charge in [0.05, 0.1) is 4.99 Å². The molecule has 0 aliphatic heterocycles. The van der Waals surface area contributed by atoms with Gasteiger partial charge in [0, 0.05) is 18.7 Å². The van der Waals surface area contributed by atoms with Gasteiger partial charge in [-0.25, -0.2) is 4.98 Å². The lowest BCUT2D eigenvalue weighted by Crippen LogP contribution is -2.26. The maximum absolute atomic E-state index is 5.69. The summed E-state index contributed by atoms with van der Waals surface area (Å²) in [6.07, 6.45) is 2.82. The van der Waals surface area contributed by atoms with Gasteiger partial charge in [-0.05, 0) is 18.1 Å². The summed E-state index contributed by atoms with van der Waals surface area (Å²) in [5, 5.41) is 3.73. The highest BCUT2D eigenvalue weighted by Gasteiger charge is 2.05. The molecule has 82 valence electrons. The molecule has 1 aromatic heterocycles. The molecule has 0 radical (unpaired) electrons. The van der Waals surface area contributed by atoms with Crippen molar-refractivity contribution >= 4 is 28.8 Å². The zero-order chi connectivity index (χ0) is 11.3. The van der Waals surface area contributed by atoms with Gasteiger partial charge in [-0.1, -0.05) is 43.7 Å². The molecule has 0 aliphatic carbocycles. The van der Waals surface area contributed by atoms with Crippen molar-refractivity contribution in [3.8, 4) is 0 Å². The van der Waals surface area contributed by atoms with E-state index >= 15 is 0 Å². The lowest BCUT2D eigenvalue weighted by molar-refractivity contribution is 0.711. The summed E-state index contributed by atoms with van der Waals surface area (Å²) in [4.78, 5) is 4.91. The molecular formula is C11H15ClN2S. The Labute approximate surface area is 101 Å². The van der Waals surface area contributed by atoms with E-state index in [2.05, 4.69) is 24.1 Å². The Morgan fingerprint density at radius 1 is 1.60 bits per heavy atom. The molecule has 1 N–H and O–H groups in total. The van der Waals surface area contributed by atoms with E-state index in [0.717, 1.165) is 17.0 Å². The smallest absolute Gasteiger partial charge is 0.129 e. The van der Waals surface area contributed by atoms with E-state index in [1.807, 2.05) is 6.07 Å². The Morgan fingerprint density at radius 2 is 2.33 bits per heavy atom. The predicted octanol–water partition coefficient (Wildman–Crippen LogP) is 3.20. The summed E-state index contributed by atoms with van der Waals surface area (Å²) >= 11 is 10.9. The van der Waals surface area contributed by atoms with Crippen LogP contribution in [-0.2, 0) is 6.54 Å². The maximum atomic E-state index is 5.69. The maximum Gasteiger partial charge on any atom is 0.129 e. The van der Waals surface area contributed by atoms with Gasteiger partial charge in [0.25, 0.3) is 0 Å². The Morgan fingerprint density at radius 3 is 2.87 bits per heavy atom. The van der Waals surface area contributed by atoms with E-state index < -0.39 is 0 Å². The van der Waals surface area contributed by atoms with Crippen LogP contribution in [0, 0.1) is 5.92 Å². The average Bonchev–Trinajstić information content (AvgIpc) is 2.26. The van der Waals surface area contributed by atoms with Crippen LogP contribution in [0.3, 0.4) is 0 Å². The SMILES string of the molecule is CCC(C)C(=S)NCc1ccc(Cl)nc1. The molecule has 0 amide bonds. The lowest BCUT2D eigenvalue weighted by atomic mass is 10.1. The molecule has 0 saturated carbocycles. The zero-order valence-corrected chi connectivity index (χ0v) is 10.5. The molecule has 1 atom stereocenters. The highest BCUT2D eigenvalue weighted by atomic mass is 35.5. The molecule has 0 aromatic carbocycles. The van der Waals surface area contributed by atoms with Gasteiger partial charge in [0.2, 0.25) is 0 Å². The molecule has 0 spiro atoms. The molecule has 0 bridgehead atoms. The first-order chi connectivity index (χ1) is 7.13. The lowest BCUT2D eigenvalue weighted by Gasteiger charge is -2.12. The number of rotatable bonds is 4. The van der Waals surface area contributed by atoms with E-state index in [1.54, 1.807) is 12.3 Å². The third-order valence-electron chi connectivity index (χ3n) is 2.32. The van der Waals surface area contributed by atoms with Crippen molar-refractivity contribution in [2.75, 3.05) is 0 Å².